The summed E-state index contributed by atoms with van der Waals surface area (Å²) < 4.78 is 5.34. The molecule has 3 nitrogen and oxygen atoms in total. The SMILES string of the molecule is CC#CCOc1nnc(-c2ccc(C)cc2)s1. The van der Waals surface area contributed by atoms with E-state index in [0.717, 1.165) is 10.6 Å². The molecule has 2 rings (SSSR count). The second kappa shape index (κ2) is 5.46. The van der Waals surface area contributed by atoms with Crippen molar-refractivity contribution < 1.29 is 4.74 Å². The molecule has 0 radical (unpaired) electrons. The first kappa shape index (κ1) is 11.6. The predicted octanol–water partition coefficient (Wildman–Crippen LogP) is 2.92. The van der Waals surface area contributed by atoms with Crippen molar-refractivity contribution in [3.63, 3.8) is 0 Å². The molecule has 0 bridgehead atoms. The van der Waals surface area contributed by atoms with Gasteiger partial charge in [0.25, 0.3) is 5.19 Å². The Kier molecular flexibility index (Phi) is 3.73. The second-order valence-corrected chi connectivity index (χ2v) is 4.39. The molecule has 0 N–H and O–H groups in total. The van der Waals surface area contributed by atoms with Crippen LogP contribution in [0.15, 0.2) is 24.3 Å². The maximum atomic E-state index is 5.34. The molecule has 0 aliphatic rings. The number of rotatable bonds is 3. The predicted molar refractivity (Wildman–Crippen MR) is 69.0 cm³/mol. The van der Waals surface area contributed by atoms with Crippen LogP contribution >= 0.6 is 11.3 Å². The minimum absolute atomic E-state index is 0.360. The van der Waals surface area contributed by atoms with Crippen molar-refractivity contribution in [1.29, 1.82) is 0 Å². The average molecular weight is 244 g/mol. The van der Waals surface area contributed by atoms with Gasteiger partial charge in [0, 0.05) is 5.56 Å². The highest BCUT2D eigenvalue weighted by Crippen LogP contribution is 2.27. The molecule has 1 heterocycles. The Hall–Kier alpha value is -1.86. The molecule has 17 heavy (non-hydrogen) atoms. The minimum atomic E-state index is 0.360. The standard InChI is InChI=1S/C13H12N2OS/c1-3-4-9-16-13-15-14-12(17-13)11-7-5-10(2)6-8-11/h5-8H,9H2,1-2H3. The number of ether oxygens (including phenoxy) is 1. The molecule has 0 atom stereocenters. The van der Waals surface area contributed by atoms with Crippen LogP contribution in [0.2, 0.25) is 0 Å². The van der Waals surface area contributed by atoms with Crippen LogP contribution in [0.25, 0.3) is 10.6 Å². The number of hydrogen-bond acceptors (Lipinski definition) is 4. The van der Waals surface area contributed by atoms with E-state index in [1.807, 2.05) is 12.1 Å². The van der Waals surface area contributed by atoms with Crippen molar-refractivity contribution in [1.82, 2.24) is 10.2 Å². The van der Waals surface area contributed by atoms with E-state index in [4.69, 9.17) is 4.74 Å². The Bertz CT molecular complexity index is 549. The zero-order valence-corrected chi connectivity index (χ0v) is 10.5. The van der Waals surface area contributed by atoms with E-state index in [-0.39, 0.29) is 0 Å². The fraction of sp³-hybridized carbons (Fsp3) is 0.231. The molecule has 0 fully saturated rings. The van der Waals surface area contributed by atoms with Gasteiger partial charge in [0.1, 0.15) is 0 Å². The van der Waals surface area contributed by atoms with Crippen molar-refractivity contribution in [2.75, 3.05) is 6.61 Å². The van der Waals surface area contributed by atoms with Gasteiger partial charge in [-0.2, -0.15) is 0 Å². The maximum absolute atomic E-state index is 5.34. The lowest BCUT2D eigenvalue weighted by molar-refractivity contribution is 0.364. The van der Waals surface area contributed by atoms with Gasteiger partial charge in [0.2, 0.25) is 0 Å². The van der Waals surface area contributed by atoms with Crippen molar-refractivity contribution in [3.05, 3.63) is 29.8 Å². The molecule has 0 aliphatic heterocycles. The summed E-state index contributed by atoms with van der Waals surface area (Å²) in [5.41, 5.74) is 2.29. The third-order valence-corrected chi connectivity index (χ3v) is 3.03. The topological polar surface area (TPSA) is 35.0 Å². The summed E-state index contributed by atoms with van der Waals surface area (Å²) in [6, 6.07) is 8.18. The second-order valence-electron chi connectivity index (χ2n) is 3.45. The van der Waals surface area contributed by atoms with Gasteiger partial charge < -0.3 is 4.74 Å². The van der Waals surface area contributed by atoms with Crippen molar-refractivity contribution >= 4 is 11.3 Å². The molecular weight excluding hydrogens is 232 g/mol. The van der Waals surface area contributed by atoms with Crippen LogP contribution in [0, 0.1) is 18.8 Å². The summed E-state index contributed by atoms with van der Waals surface area (Å²) in [5, 5.41) is 9.48. The molecule has 0 aliphatic carbocycles. The Labute approximate surface area is 104 Å². The van der Waals surface area contributed by atoms with E-state index in [1.54, 1.807) is 6.92 Å². The van der Waals surface area contributed by atoms with Crippen LogP contribution in [0.4, 0.5) is 0 Å². The largest absolute Gasteiger partial charge is 0.456 e. The highest BCUT2D eigenvalue weighted by molar-refractivity contribution is 7.16. The highest BCUT2D eigenvalue weighted by atomic mass is 32.1. The van der Waals surface area contributed by atoms with Gasteiger partial charge in [0.05, 0.1) is 0 Å². The Morgan fingerprint density at radius 3 is 2.71 bits per heavy atom. The van der Waals surface area contributed by atoms with Gasteiger partial charge in [-0.15, -0.1) is 11.0 Å². The fourth-order valence-corrected chi connectivity index (χ4v) is 1.95. The van der Waals surface area contributed by atoms with Crippen LogP contribution in [-0.2, 0) is 0 Å². The van der Waals surface area contributed by atoms with Gasteiger partial charge >= 0.3 is 0 Å². The third kappa shape index (κ3) is 3.05. The summed E-state index contributed by atoms with van der Waals surface area (Å²) in [7, 11) is 0. The number of benzene rings is 1. The Balaban J connectivity index is 2.11. The van der Waals surface area contributed by atoms with Crippen LogP contribution in [0.5, 0.6) is 5.19 Å². The molecule has 0 saturated carbocycles. The van der Waals surface area contributed by atoms with Gasteiger partial charge in [-0.3, -0.25) is 0 Å². The lowest BCUT2D eigenvalue weighted by Crippen LogP contribution is -1.92. The van der Waals surface area contributed by atoms with E-state index in [1.165, 1.54) is 16.9 Å². The molecule has 4 heteroatoms. The van der Waals surface area contributed by atoms with Crippen LogP contribution in [-0.4, -0.2) is 16.8 Å². The third-order valence-electron chi connectivity index (χ3n) is 2.15. The van der Waals surface area contributed by atoms with Crippen molar-refractivity contribution in [2.45, 2.75) is 13.8 Å². The average Bonchev–Trinajstić information content (AvgIpc) is 2.79. The first-order valence-corrected chi connectivity index (χ1v) is 6.04. The molecule has 0 spiro atoms. The van der Waals surface area contributed by atoms with Gasteiger partial charge in [-0.05, 0) is 13.8 Å². The normalized spacial score (nSPS) is 9.53. The Morgan fingerprint density at radius 1 is 1.24 bits per heavy atom. The molecule has 0 amide bonds. The molecule has 86 valence electrons. The lowest BCUT2D eigenvalue weighted by Gasteiger charge is -1.95. The summed E-state index contributed by atoms with van der Waals surface area (Å²) in [4.78, 5) is 0. The van der Waals surface area contributed by atoms with Gasteiger partial charge in [-0.25, -0.2) is 0 Å². The number of hydrogen-bond donors (Lipinski definition) is 0. The summed E-state index contributed by atoms with van der Waals surface area (Å²) >= 11 is 1.43. The lowest BCUT2D eigenvalue weighted by atomic mass is 10.2. The summed E-state index contributed by atoms with van der Waals surface area (Å²) in [5.74, 6) is 5.58. The highest BCUT2D eigenvalue weighted by Gasteiger charge is 2.06. The Morgan fingerprint density at radius 2 is 2.00 bits per heavy atom. The number of aromatic nitrogens is 2. The van der Waals surface area contributed by atoms with E-state index in [0.29, 0.717) is 11.8 Å². The minimum Gasteiger partial charge on any atom is -0.456 e. The van der Waals surface area contributed by atoms with Gasteiger partial charge in [-0.1, -0.05) is 52.2 Å². The smallest absolute Gasteiger partial charge is 0.295 e. The number of aryl methyl sites for hydroxylation is 1. The monoisotopic (exact) mass is 244 g/mol. The summed E-state index contributed by atoms with van der Waals surface area (Å²) in [6.07, 6.45) is 0. The van der Waals surface area contributed by atoms with Crippen LogP contribution in [0.1, 0.15) is 12.5 Å². The molecule has 2 aromatic rings. The van der Waals surface area contributed by atoms with E-state index >= 15 is 0 Å². The van der Waals surface area contributed by atoms with Crippen LogP contribution < -0.4 is 4.74 Å². The molecule has 1 aromatic heterocycles. The van der Waals surface area contributed by atoms with E-state index in [9.17, 15) is 0 Å². The molecule has 1 aromatic carbocycles. The zero-order chi connectivity index (χ0) is 12.1. The molecule has 0 unspecified atom stereocenters. The summed E-state index contributed by atoms with van der Waals surface area (Å²) in [6.45, 7) is 4.20. The zero-order valence-electron chi connectivity index (χ0n) is 9.73. The quantitative estimate of drug-likeness (QED) is 0.779. The van der Waals surface area contributed by atoms with Crippen molar-refractivity contribution in [3.8, 4) is 27.6 Å². The van der Waals surface area contributed by atoms with E-state index < -0.39 is 0 Å². The fourth-order valence-electron chi connectivity index (χ4n) is 1.25. The maximum Gasteiger partial charge on any atom is 0.295 e. The molecule has 0 saturated heterocycles. The number of nitrogens with zero attached hydrogens (tertiary/aromatic N) is 2. The first-order chi connectivity index (χ1) is 8.29. The molecular formula is C13H12N2OS. The van der Waals surface area contributed by atoms with Gasteiger partial charge in [0.15, 0.2) is 11.6 Å². The van der Waals surface area contributed by atoms with Crippen LogP contribution in [0.3, 0.4) is 0 Å². The van der Waals surface area contributed by atoms with Crippen molar-refractivity contribution in [2.24, 2.45) is 0 Å². The first-order valence-electron chi connectivity index (χ1n) is 5.22. The van der Waals surface area contributed by atoms with E-state index in [2.05, 4.69) is 41.1 Å².